The van der Waals surface area contributed by atoms with E-state index in [0.29, 0.717) is 13.1 Å². The molecule has 0 aliphatic carbocycles. The fourth-order valence-electron chi connectivity index (χ4n) is 1.86. The molecule has 7 heteroatoms. The number of rotatable bonds is 8. The first-order valence-corrected chi connectivity index (χ1v) is 8.59. The highest BCUT2D eigenvalue weighted by Gasteiger charge is 2.16. The van der Waals surface area contributed by atoms with Crippen molar-refractivity contribution in [3.8, 4) is 0 Å². The summed E-state index contributed by atoms with van der Waals surface area (Å²) >= 11 is 1.71. The van der Waals surface area contributed by atoms with Gasteiger partial charge in [-0.05, 0) is 37.4 Å². The van der Waals surface area contributed by atoms with Gasteiger partial charge in [-0.2, -0.15) is 0 Å². The summed E-state index contributed by atoms with van der Waals surface area (Å²) in [6.45, 7) is 6.19. The van der Waals surface area contributed by atoms with Crippen molar-refractivity contribution in [3.63, 3.8) is 0 Å². The van der Waals surface area contributed by atoms with E-state index < -0.39 is 0 Å². The van der Waals surface area contributed by atoms with Crippen molar-refractivity contribution in [2.45, 2.75) is 32.4 Å². The van der Waals surface area contributed by atoms with Crippen molar-refractivity contribution in [2.24, 2.45) is 4.99 Å². The van der Waals surface area contributed by atoms with Gasteiger partial charge in [0.2, 0.25) is 0 Å². The third kappa shape index (κ3) is 7.67. The number of aliphatic imine (C=N–C) groups is 1. The van der Waals surface area contributed by atoms with Gasteiger partial charge in [0.1, 0.15) is 5.76 Å². The normalized spacial score (nSPS) is 11.9. The molecule has 0 unspecified atom stereocenters. The second kappa shape index (κ2) is 10.7. The number of hydrogen-bond acceptors (Lipinski definition) is 4. The van der Waals surface area contributed by atoms with Gasteiger partial charge in [-0.3, -0.25) is 0 Å². The number of halogens is 1. The van der Waals surface area contributed by atoms with Crippen LogP contribution in [0.15, 0.2) is 45.3 Å². The maximum Gasteiger partial charge on any atom is 0.191 e. The van der Waals surface area contributed by atoms with Crippen LogP contribution < -0.4 is 10.6 Å². The Kier molecular flexibility index (Phi) is 9.38. The number of nitrogens with zero attached hydrogens (tertiary/aromatic N) is 1. The van der Waals surface area contributed by atoms with Crippen molar-refractivity contribution >= 4 is 41.3 Å². The minimum absolute atomic E-state index is 0. The highest BCUT2D eigenvalue weighted by molar-refractivity contribution is 14.0. The van der Waals surface area contributed by atoms with Crippen molar-refractivity contribution in [3.05, 3.63) is 46.5 Å². The van der Waals surface area contributed by atoms with Crippen molar-refractivity contribution in [2.75, 3.05) is 20.2 Å². The van der Waals surface area contributed by atoms with Gasteiger partial charge in [0.05, 0.1) is 18.4 Å². The summed E-state index contributed by atoms with van der Waals surface area (Å²) in [6, 6.07) is 8.01. The lowest BCUT2D eigenvalue weighted by Gasteiger charge is -2.24. The van der Waals surface area contributed by atoms with E-state index in [9.17, 15) is 0 Å². The third-order valence-corrected chi connectivity index (χ3v) is 4.31. The quantitative estimate of drug-likeness (QED) is 0.357. The number of nitrogens with one attached hydrogen (secondary N) is 2. The third-order valence-electron chi connectivity index (χ3n) is 3.45. The molecule has 2 heterocycles. The monoisotopic (exact) mass is 463 g/mol. The second-order valence-electron chi connectivity index (χ2n) is 5.82. The molecule has 134 valence electrons. The van der Waals surface area contributed by atoms with E-state index in [1.54, 1.807) is 24.7 Å². The summed E-state index contributed by atoms with van der Waals surface area (Å²) in [4.78, 5) is 5.88. The van der Waals surface area contributed by atoms with Crippen LogP contribution in [0.5, 0.6) is 0 Å². The summed E-state index contributed by atoms with van der Waals surface area (Å²) in [5.41, 5.74) is -0.244. The molecule has 0 atom stereocenters. The van der Waals surface area contributed by atoms with Crippen LogP contribution >= 0.6 is 35.3 Å². The molecule has 0 amide bonds. The van der Waals surface area contributed by atoms with Gasteiger partial charge in [0.25, 0.3) is 0 Å². The zero-order chi connectivity index (χ0) is 16.5. The SMILES string of the molecule is COC(C)(C)CNC(=NCc1cccs1)NCCc1ccco1.I. The first-order valence-electron chi connectivity index (χ1n) is 7.71. The number of thiophene rings is 1. The molecular weight excluding hydrogens is 437 g/mol. The average molecular weight is 463 g/mol. The molecule has 0 aliphatic heterocycles. The molecule has 24 heavy (non-hydrogen) atoms. The molecule has 0 radical (unpaired) electrons. The Balaban J connectivity index is 0.00000288. The molecule has 0 spiro atoms. The highest BCUT2D eigenvalue weighted by Crippen LogP contribution is 2.09. The van der Waals surface area contributed by atoms with Gasteiger partial charge < -0.3 is 19.8 Å². The van der Waals surface area contributed by atoms with E-state index in [1.165, 1.54) is 4.88 Å². The molecule has 2 N–H and O–H groups in total. The van der Waals surface area contributed by atoms with Gasteiger partial charge in [-0.1, -0.05) is 6.07 Å². The summed E-state index contributed by atoms with van der Waals surface area (Å²) < 4.78 is 10.8. The molecule has 2 rings (SSSR count). The summed E-state index contributed by atoms with van der Waals surface area (Å²) in [7, 11) is 1.72. The molecule has 0 bridgehead atoms. The average Bonchev–Trinajstić information content (AvgIpc) is 3.23. The zero-order valence-electron chi connectivity index (χ0n) is 14.4. The van der Waals surface area contributed by atoms with Crippen LogP contribution in [0.3, 0.4) is 0 Å². The Morgan fingerprint density at radius 2 is 2.12 bits per heavy atom. The number of ether oxygens (including phenoxy) is 1. The van der Waals surface area contributed by atoms with Crippen molar-refractivity contribution in [1.29, 1.82) is 0 Å². The van der Waals surface area contributed by atoms with E-state index in [-0.39, 0.29) is 29.6 Å². The minimum atomic E-state index is -0.244. The van der Waals surface area contributed by atoms with Crippen LogP contribution in [0.1, 0.15) is 24.5 Å². The summed E-state index contributed by atoms with van der Waals surface area (Å²) in [6.07, 6.45) is 2.51. The largest absolute Gasteiger partial charge is 0.469 e. The first kappa shape index (κ1) is 21.0. The van der Waals surface area contributed by atoms with Crippen molar-refractivity contribution in [1.82, 2.24) is 10.6 Å². The van der Waals surface area contributed by atoms with E-state index in [2.05, 4.69) is 27.1 Å². The number of methoxy groups -OCH3 is 1. The van der Waals surface area contributed by atoms with Crippen LogP contribution in [-0.2, 0) is 17.7 Å². The van der Waals surface area contributed by atoms with Crippen LogP contribution in [0.4, 0.5) is 0 Å². The van der Waals surface area contributed by atoms with Crippen LogP contribution in [0.25, 0.3) is 0 Å². The standard InChI is InChI=1S/C17H25N3O2S.HI/c1-17(2,21-3)13-20-16(19-12-15-7-5-11-23-15)18-9-8-14-6-4-10-22-14;/h4-7,10-11H,8-9,12-13H2,1-3H3,(H2,18,19,20);1H. The van der Waals surface area contributed by atoms with E-state index in [1.807, 2.05) is 32.0 Å². The lowest BCUT2D eigenvalue weighted by Crippen LogP contribution is -2.45. The number of hydrogen-bond donors (Lipinski definition) is 2. The molecule has 0 fully saturated rings. The van der Waals surface area contributed by atoms with Gasteiger partial charge in [0.15, 0.2) is 5.96 Å². The van der Waals surface area contributed by atoms with Crippen LogP contribution in [-0.4, -0.2) is 31.8 Å². The molecule has 0 saturated heterocycles. The molecule has 0 aliphatic rings. The van der Waals surface area contributed by atoms with Gasteiger partial charge in [0, 0.05) is 31.5 Å². The van der Waals surface area contributed by atoms with E-state index >= 15 is 0 Å². The predicted octanol–water partition coefficient (Wildman–Crippen LogP) is 3.66. The van der Waals surface area contributed by atoms with Gasteiger partial charge >= 0.3 is 0 Å². The Morgan fingerprint density at radius 1 is 1.29 bits per heavy atom. The first-order chi connectivity index (χ1) is 11.1. The molecule has 5 nitrogen and oxygen atoms in total. The Labute approximate surface area is 164 Å². The lowest BCUT2D eigenvalue weighted by molar-refractivity contribution is 0.0268. The summed E-state index contributed by atoms with van der Waals surface area (Å²) in [5, 5.41) is 8.75. The van der Waals surface area contributed by atoms with E-state index in [0.717, 1.165) is 24.7 Å². The maximum atomic E-state index is 5.44. The minimum Gasteiger partial charge on any atom is -0.469 e. The van der Waals surface area contributed by atoms with E-state index in [4.69, 9.17) is 9.15 Å². The number of guanidine groups is 1. The van der Waals surface area contributed by atoms with Gasteiger partial charge in [-0.25, -0.2) is 4.99 Å². The molecule has 2 aromatic rings. The second-order valence-corrected chi connectivity index (χ2v) is 6.85. The molecule has 0 saturated carbocycles. The van der Waals surface area contributed by atoms with Crippen LogP contribution in [0, 0.1) is 0 Å². The maximum absolute atomic E-state index is 5.44. The molecular formula is C17H26IN3O2S. The predicted molar refractivity (Wildman–Crippen MR) is 110 cm³/mol. The molecule has 0 aromatic carbocycles. The van der Waals surface area contributed by atoms with Crippen LogP contribution in [0.2, 0.25) is 0 Å². The lowest BCUT2D eigenvalue weighted by atomic mass is 10.1. The highest BCUT2D eigenvalue weighted by atomic mass is 127. The summed E-state index contributed by atoms with van der Waals surface area (Å²) in [5.74, 6) is 1.75. The van der Waals surface area contributed by atoms with Gasteiger partial charge in [-0.15, -0.1) is 35.3 Å². The molecule has 2 aromatic heterocycles. The Hall–Kier alpha value is -1.06. The Bertz CT molecular complexity index is 583. The Morgan fingerprint density at radius 3 is 2.75 bits per heavy atom. The smallest absolute Gasteiger partial charge is 0.191 e. The topological polar surface area (TPSA) is 58.8 Å². The van der Waals surface area contributed by atoms with Crippen molar-refractivity contribution < 1.29 is 9.15 Å². The fourth-order valence-corrected chi connectivity index (χ4v) is 2.49. The fraction of sp³-hybridized carbons (Fsp3) is 0.471. The zero-order valence-corrected chi connectivity index (χ0v) is 17.5. The number of furan rings is 1.